The third-order valence-corrected chi connectivity index (χ3v) is 3.52. The van der Waals surface area contributed by atoms with Gasteiger partial charge in [-0.25, -0.2) is 9.59 Å². The van der Waals surface area contributed by atoms with Gasteiger partial charge in [-0.3, -0.25) is 4.79 Å². The predicted molar refractivity (Wildman–Crippen MR) is 75.6 cm³/mol. The number of carbonyl (C=O) groups is 3. The van der Waals surface area contributed by atoms with E-state index in [0.29, 0.717) is 23.1 Å². The van der Waals surface area contributed by atoms with Crippen LogP contribution in [0.15, 0.2) is 42.5 Å². The lowest BCUT2D eigenvalue weighted by Crippen LogP contribution is -1.97. The molecular weight excluding hydrogens is 292 g/mol. The van der Waals surface area contributed by atoms with Crippen LogP contribution in [0.5, 0.6) is 0 Å². The van der Waals surface area contributed by atoms with Gasteiger partial charge in [0, 0.05) is 5.56 Å². The first-order valence-electron chi connectivity index (χ1n) is 6.23. The number of cyclic esters (lactones) is 2. The van der Waals surface area contributed by atoms with Crippen LogP contribution in [0.2, 0.25) is 0 Å². The average molecular weight is 301 g/mol. The molecule has 0 radical (unpaired) electrons. The molecule has 21 heavy (non-hydrogen) atoms. The van der Waals surface area contributed by atoms with E-state index < -0.39 is 17.2 Å². The second-order valence-electron chi connectivity index (χ2n) is 4.70. The lowest BCUT2D eigenvalue weighted by molar-refractivity contribution is 0.0443. The molecule has 2 aromatic carbocycles. The van der Waals surface area contributed by atoms with Gasteiger partial charge in [-0.05, 0) is 53.4 Å². The molecule has 0 bridgehead atoms. The van der Waals surface area contributed by atoms with Crippen molar-refractivity contribution in [2.45, 2.75) is 6.42 Å². The van der Waals surface area contributed by atoms with Gasteiger partial charge in [0.1, 0.15) is 0 Å². The second kappa shape index (κ2) is 5.14. The largest absolute Gasteiger partial charge is 0.386 e. The van der Waals surface area contributed by atoms with Crippen molar-refractivity contribution < 1.29 is 19.1 Å². The summed E-state index contributed by atoms with van der Waals surface area (Å²) in [6.07, 6.45) is 0.575. The number of carbonyl (C=O) groups excluding carboxylic acids is 3. The van der Waals surface area contributed by atoms with E-state index in [1.165, 1.54) is 0 Å². The Kier molecular flexibility index (Phi) is 3.31. The van der Waals surface area contributed by atoms with Crippen molar-refractivity contribution in [1.82, 2.24) is 0 Å². The molecule has 3 rings (SSSR count). The van der Waals surface area contributed by atoms with Crippen molar-refractivity contribution in [3.8, 4) is 0 Å². The van der Waals surface area contributed by atoms with E-state index in [1.807, 2.05) is 0 Å². The minimum atomic E-state index is -0.611. The summed E-state index contributed by atoms with van der Waals surface area (Å²) in [5, 5.41) is -0.500. The molecule has 0 atom stereocenters. The van der Waals surface area contributed by atoms with Crippen molar-refractivity contribution in [3.63, 3.8) is 0 Å². The Morgan fingerprint density at radius 2 is 1.52 bits per heavy atom. The number of ether oxygens (including phenoxy) is 1. The van der Waals surface area contributed by atoms with Crippen molar-refractivity contribution in [2.24, 2.45) is 0 Å². The number of fused-ring (bicyclic) bond motifs is 1. The first-order chi connectivity index (χ1) is 10.0. The standard InChI is InChI=1S/C16H9ClO4/c17-14(18)11-4-1-9(2-5-11)7-10-3-6-12-13(8-10)16(20)21-15(12)19/h1-6,8H,7H2. The summed E-state index contributed by atoms with van der Waals surface area (Å²) < 4.78 is 4.55. The molecule has 1 aliphatic heterocycles. The van der Waals surface area contributed by atoms with E-state index in [1.54, 1.807) is 42.5 Å². The maximum atomic E-state index is 11.5. The third-order valence-electron chi connectivity index (χ3n) is 3.30. The quantitative estimate of drug-likeness (QED) is 0.497. The number of benzene rings is 2. The van der Waals surface area contributed by atoms with Gasteiger partial charge in [-0.15, -0.1) is 0 Å². The van der Waals surface area contributed by atoms with E-state index in [9.17, 15) is 14.4 Å². The van der Waals surface area contributed by atoms with Gasteiger partial charge in [0.2, 0.25) is 0 Å². The summed E-state index contributed by atoms with van der Waals surface area (Å²) in [5.74, 6) is -1.22. The van der Waals surface area contributed by atoms with Crippen LogP contribution in [0.1, 0.15) is 42.2 Å². The van der Waals surface area contributed by atoms with Crippen LogP contribution in [0.25, 0.3) is 0 Å². The first-order valence-corrected chi connectivity index (χ1v) is 6.60. The third kappa shape index (κ3) is 2.58. The van der Waals surface area contributed by atoms with Crippen LogP contribution in [-0.4, -0.2) is 17.2 Å². The second-order valence-corrected chi connectivity index (χ2v) is 5.05. The molecule has 0 aliphatic carbocycles. The lowest BCUT2D eigenvalue weighted by Gasteiger charge is -2.04. The molecular formula is C16H9ClO4. The molecule has 0 unspecified atom stereocenters. The SMILES string of the molecule is O=C(Cl)c1ccc(Cc2ccc3c(c2)C(=O)OC3=O)cc1. The highest BCUT2D eigenvalue weighted by molar-refractivity contribution is 6.67. The van der Waals surface area contributed by atoms with Crippen molar-refractivity contribution >= 4 is 28.8 Å². The van der Waals surface area contributed by atoms with Gasteiger partial charge in [-0.2, -0.15) is 0 Å². The Labute approximate surface area is 125 Å². The first kappa shape index (κ1) is 13.5. The van der Waals surface area contributed by atoms with Gasteiger partial charge in [0.25, 0.3) is 5.24 Å². The molecule has 5 heteroatoms. The molecule has 0 amide bonds. The van der Waals surface area contributed by atoms with E-state index in [2.05, 4.69) is 4.74 Å². The molecule has 0 spiro atoms. The lowest BCUT2D eigenvalue weighted by atomic mass is 9.99. The highest BCUT2D eigenvalue weighted by Gasteiger charge is 2.29. The van der Waals surface area contributed by atoms with Crippen molar-refractivity contribution in [1.29, 1.82) is 0 Å². The number of hydrogen-bond acceptors (Lipinski definition) is 4. The molecule has 2 aromatic rings. The minimum absolute atomic E-state index is 0.296. The van der Waals surface area contributed by atoms with E-state index >= 15 is 0 Å². The molecule has 0 aromatic heterocycles. The minimum Gasteiger partial charge on any atom is -0.386 e. The van der Waals surface area contributed by atoms with Gasteiger partial charge in [0.05, 0.1) is 11.1 Å². The number of hydrogen-bond donors (Lipinski definition) is 0. The fraction of sp³-hybridized carbons (Fsp3) is 0.0625. The smallest absolute Gasteiger partial charge is 0.346 e. The van der Waals surface area contributed by atoms with E-state index in [0.717, 1.165) is 11.1 Å². The monoisotopic (exact) mass is 300 g/mol. The summed E-state index contributed by atoms with van der Waals surface area (Å²) >= 11 is 5.39. The van der Waals surface area contributed by atoms with Crippen LogP contribution in [0, 0.1) is 0 Å². The van der Waals surface area contributed by atoms with Crippen LogP contribution in [-0.2, 0) is 11.2 Å². The van der Waals surface area contributed by atoms with Crippen LogP contribution >= 0.6 is 11.6 Å². The van der Waals surface area contributed by atoms with Gasteiger partial charge < -0.3 is 4.74 Å². The zero-order valence-electron chi connectivity index (χ0n) is 10.8. The molecule has 0 N–H and O–H groups in total. The highest BCUT2D eigenvalue weighted by atomic mass is 35.5. The summed E-state index contributed by atoms with van der Waals surface area (Å²) in [7, 11) is 0. The molecule has 1 heterocycles. The Hall–Kier alpha value is -2.46. The topological polar surface area (TPSA) is 60.4 Å². The Morgan fingerprint density at radius 1 is 0.905 bits per heavy atom. The molecule has 0 saturated carbocycles. The maximum absolute atomic E-state index is 11.5. The summed E-state index contributed by atoms with van der Waals surface area (Å²) in [6, 6.07) is 11.9. The Bertz CT molecular complexity index is 762. The number of rotatable bonds is 3. The molecule has 0 fully saturated rings. The Balaban J connectivity index is 1.86. The molecule has 0 saturated heterocycles. The summed E-state index contributed by atoms with van der Waals surface area (Å²) in [5.41, 5.74) is 2.88. The highest BCUT2D eigenvalue weighted by Crippen LogP contribution is 2.22. The zero-order valence-corrected chi connectivity index (χ0v) is 11.5. The summed E-state index contributed by atoms with van der Waals surface area (Å²) in [6.45, 7) is 0. The molecule has 1 aliphatic rings. The molecule has 104 valence electrons. The van der Waals surface area contributed by atoms with E-state index in [4.69, 9.17) is 11.6 Å². The number of esters is 2. The van der Waals surface area contributed by atoms with Crippen LogP contribution in [0.4, 0.5) is 0 Å². The Morgan fingerprint density at radius 3 is 2.19 bits per heavy atom. The molecule has 4 nitrogen and oxygen atoms in total. The van der Waals surface area contributed by atoms with Crippen molar-refractivity contribution in [2.75, 3.05) is 0 Å². The predicted octanol–water partition coefficient (Wildman–Crippen LogP) is 2.97. The summed E-state index contributed by atoms with van der Waals surface area (Å²) in [4.78, 5) is 33.9. The normalized spacial score (nSPS) is 13.0. The fourth-order valence-electron chi connectivity index (χ4n) is 2.23. The number of halogens is 1. The van der Waals surface area contributed by atoms with E-state index in [-0.39, 0.29) is 0 Å². The zero-order chi connectivity index (χ0) is 15.0. The van der Waals surface area contributed by atoms with Crippen LogP contribution < -0.4 is 0 Å². The fourth-order valence-corrected chi connectivity index (χ4v) is 2.36. The average Bonchev–Trinajstić information content (AvgIpc) is 2.74. The van der Waals surface area contributed by atoms with Crippen LogP contribution in [0.3, 0.4) is 0 Å². The van der Waals surface area contributed by atoms with Crippen molar-refractivity contribution in [3.05, 3.63) is 70.3 Å². The van der Waals surface area contributed by atoms with Gasteiger partial charge >= 0.3 is 11.9 Å². The van der Waals surface area contributed by atoms with Gasteiger partial charge in [-0.1, -0.05) is 18.2 Å². The van der Waals surface area contributed by atoms with Gasteiger partial charge in [0.15, 0.2) is 0 Å². The maximum Gasteiger partial charge on any atom is 0.346 e.